The van der Waals surface area contributed by atoms with Gasteiger partial charge in [0, 0.05) is 12.2 Å². The molecule has 1 aliphatic heterocycles. The summed E-state index contributed by atoms with van der Waals surface area (Å²) in [7, 11) is 0. The molecular formula is C26H28FN3O3. The molecule has 4 amide bonds. The van der Waals surface area contributed by atoms with Crippen LogP contribution < -0.4 is 10.2 Å². The Hall–Kier alpha value is -3.48. The van der Waals surface area contributed by atoms with Crippen molar-refractivity contribution in [2.75, 3.05) is 16.8 Å². The largest absolute Gasteiger partial charge is 0.332 e. The lowest BCUT2D eigenvalue weighted by Gasteiger charge is -2.23. The number of halogens is 1. The molecule has 1 atom stereocenters. The molecule has 0 bridgehead atoms. The van der Waals surface area contributed by atoms with Crippen molar-refractivity contribution in [3.8, 4) is 0 Å². The minimum atomic E-state index is -0.886. The second-order valence-electron chi connectivity index (χ2n) is 8.62. The number of carbonyl (C=O) groups is 3. The molecule has 0 unspecified atom stereocenters. The highest BCUT2D eigenvalue weighted by Crippen LogP contribution is 2.29. The lowest BCUT2D eigenvalue weighted by molar-refractivity contribution is -0.124. The molecule has 172 valence electrons. The first-order chi connectivity index (χ1) is 15.9. The van der Waals surface area contributed by atoms with Gasteiger partial charge in [-0.2, -0.15) is 0 Å². The summed E-state index contributed by atoms with van der Waals surface area (Å²) in [5, 5.41) is 2.69. The van der Waals surface area contributed by atoms with Crippen molar-refractivity contribution in [2.45, 2.75) is 51.5 Å². The normalized spacial score (nSPS) is 18.5. The monoisotopic (exact) mass is 449 g/mol. The number of hydrogen-bond donors (Lipinski definition) is 1. The van der Waals surface area contributed by atoms with Crippen LogP contribution in [0.25, 0.3) is 0 Å². The maximum Gasteiger partial charge on any atom is 0.332 e. The number of hydrogen-bond acceptors (Lipinski definition) is 3. The summed E-state index contributed by atoms with van der Waals surface area (Å²) in [5.74, 6) is -1.21. The molecule has 1 aliphatic carbocycles. The number of aryl methyl sites for hydroxylation is 1. The molecule has 6 nitrogen and oxygen atoms in total. The number of allylic oxidation sites excluding steroid dienone is 1. The topological polar surface area (TPSA) is 69.7 Å². The molecule has 0 radical (unpaired) electrons. The Morgan fingerprint density at radius 1 is 1.06 bits per heavy atom. The van der Waals surface area contributed by atoms with Gasteiger partial charge in [-0.25, -0.2) is 14.1 Å². The Balaban J connectivity index is 1.53. The Morgan fingerprint density at radius 3 is 2.45 bits per heavy atom. The molecule has 33 heavy (non-hydrogen) atoms. The summed E-state index contributed by atoms with van der Waals surface area (Å²) in [6, 6.07) is 11.3. The van der Waals surface area contributed by atoms with E-state index in [2.05, 4.69) is 11.4 Å². The average Bonchev–Trinajstić information content (AvgIpc) is 3.04. The van der Waals surface area contributed by atoms with Gasteiger partial charge < -0.3 is 10.2 Å². The SMILES string of the molecule is Cc1ccc(N2C(=O)[C@H](CC(=O)Nc3ccc(F)cc3)N(CCC3=CCCCC3)C2=O)cc1. The van der Waals surface area contributed by atoms with Crippen molar-refractivity contribution in [1.82, 2.24) is 4.90 Å². The van der Waals surface area contributed by atoms with Gasteiger partial charge in [0.15, 0.2) is 0 Å². The summed E-state index contributed by atoms with van der Waals surface area (Å²) >= 11 is 0. The third-order valence-electron chi connectivity index (χ3n) is 6.18. The van der Waals surface area contributed by atoms with Crippen LogP contribution in [0.5, 0.6) is 0 Å². The van der Waals surface area contributed by atoms with Crippen molar-refractivity contribution in [2.24, 2.45) is 0 Å². The Labute approximate surface area is 193 Å². The maximum atomic E-state index is 13.3. The number of carbonyl (C=O) groups excluding carboxylic acids is 3. The number of amides is 4. The average molecular weight is 450 g/mol. The maximum absolute atomic E-state index is 13.3. The Bertz CT molecular complexity index is 1060. The predicted molar refractivity (Wildman–Crippen MR) is 125 cm³/mol. The quantitative estimate of drug-likeness (QED) is 0.467. The van der Waals surface area contributed by atoms with E-state index in [1.165, 1.54) is 46.1 Å². The van der Waals surface area contributed by atoms with E-state index in [9.17, 15) is 18.8 Å². The highest BCUT2D eigenvalue weighted by atomic mass is 19.1. The van der Waals surface area contributed by atoms with Crippen LogP contribution in [0.1, 0.15) is 44.1 Å². The summed E-state index contributed by atoms with van der Waals surface area (Å²) in [4.78, 5) is 42.0. The number of rotatable bonds is 7. The van der Waals surface area contributed by atoms with Gasteiger partial charge in [0.05, 0.1) is 12.1 Å². The van der Waals surface area contributed by atoms with Crippen LogP contribution in [0.3, 0.4) is 0 Å². The number of nitrogens with one attached hydrogen (secondary N) is 1. The van der Waals surface area contributed by atoms with Crippen molar-refractivity contribution in [3.05, 3.63) is 71.6 Å². The van der Waals surface area contributed by atoms with Crippen molar-refractivity contribution in [3.63, 3.8) is 0 Å². The van der Waals surface area contributed by atoms with Gasteiger partial charge in [0.1, 0.15) is 11.9 Å². The molecule has 2 aliphatic rings. The number of imide groups is 1. The third-order valence-corrected chi connectivity index (χ3v) is 6.18. The van der Waals surface area contributed by atoms with E-state index in [4.69, 9.17) is 0 Å². The number of benzene rings is 2. The van der Waals surface area contributed by atoms with Crippen LogP contribution in [0.15, 0.2) is 60.2 Å². The minimum absolute atomic E-state index is 0.163. The van der Waals surface area contributed by atoms with Crippen LogP contribution in [-0.2, 0) is 9.59 Å². The fourth-order valence-corrected chi connectivity index (χ4v) is 4.34. The van der Waals surface area contributed by atoms with Crippen LogP contribution in [0.4, 0.5) is 20.6 Å². The van der Waals surface area contributed by atoms with Crippen LogP contribution in [0, 0.1) is 12.7 Å². The molecule has 1 N–H and O–H groups in total. The van der Waals surface area contributed by atoms with Gasteiger partial charge in [-0.15, -0.1) is 0 Å². The second kappa shape index (κ2) is 9.98. The Morgan fingerprint density at radius 2 is 1.79 bits per heavy atom. The number of anilines is 2. The van der Waals surface area contributed by atoms with Crippen LogP contribution >= 0.6 is 0 Å². The zero-order valence-corrected chi connectivity index (χ0v) is 18.7. The fraction of sp³-hybridized carbons (Fsp3) is 0.346. The lowest BCUT2D eigenvalue weighted by atomic mass is 9.97. The minimum Gasteiger partial charge on any atom is -0.326 e. The fourth-order valence-electron chi connectivity index (χ4n) is 4.34. The van der Waals surface area contributed by atoms with E-state index in [0.717, 1.165) is 24.8 Å². The zero-order chi connectivity index (χ0) is 23.4. The van der Waals surface area contributed by atoms with Crippen molar-refractivity contribution >= 4 is 29.2 Å². The molecule has 1 fully saturated rings. The van der Waals surface area contributed by atoms with Gasteiger partial charge >= 0.3 is 6.03 Å². The standard InChI is InChI=1S/C26H28FN3O3/c1-18-7-13-22(14-8-18)30-25(32)23(17-24(31)28-21-11-9-20(27)10-12-21)29(26(30)33)16-15-19-5-3-2-4-6-19/h5,7-14,23H,2-4,6,15-17H2,1H3,(H,28,31)/t23-/m0/s1. The van der Waals surface area contributed by atoms with E-state index >= 15 is 0 Å². The first kappa shape index (κ1) is 22.7. The first-order valence-corrected chi connectivity index (χ1v) is 11.4. The van der Waals surface area contributed by atoms with Crippen LogP contribution in [-0.4, -0.2) is 35.3 Å². The van der Waals surface area contributed by atoms with E-state index in [0.29, 0.717) is 24.3 Å². The van der Waals surface area contributed by atoms with E-state index in [1.807, 2.05) is 19.1 Å². The smallest absolute Gasteiger partial charge is 0.326 e. The van der Waals surface area contributed by atoms with E-state index < -0.39 is 29.7 Å². The molecule has 1 saturated heterocycles. The van der Waals surface area contributed by atoms with Gasteiger partial charge in [0.25, 0.3) is 5.91 Å². The molecule has 0 aromatic heterocycles. The number of urea groups is 1. The van der Waals surface area contributed by atoms with Crippen molar-refractivity contribution < 1.29 is 18.8 Å². The highest BCUT2D eigenvalue weighted by molar-refractivity contribution is 6.22. The van der Waals surface area contributed by atoms with Gasteiger partial charge in [-0.1, -0.05) is 29.3 Å². The van der Waals surface area contributed by atoms with E-state index in [1.54, 1.807) is 12.1 Å². The molecule has 2 aromatic rings. The molecule has 7 heteroatoms. The molecule has 2 aromatic carbocycles. The van der Waals surface area contributed by atoms with Crippen LogP contribution in [0.2, 0.25) is 0 Å². The lowest BCUT2D eigenvalue weighted by Crippen LogP contribution is -2.38. The molecule has 0 spiro atoms. The number of nitrogens with zero attached hydrogens (tertiary/aromatic N) is 2. The Kier molecular flexibility index (Phi) is 6.87. The van der Waals surface area contributed by atoms with Crippen molar-refractivity contribution in [1.29, 1.82) is 0 Å². The molecule has 1 heterocycles. The van der Waals surface area contributed by atoms with Gasteiger partial charge in [-0.3, -0.25) is 9.59 Å². The first-order valence-electron chi connectivity index (χ1n) is 11.4. The summed E-state index contributed by atoms with van der Waals surface area (Å²) < 4.78 is 13.2. The molecular weight excluding hydrogens is 421 g/mol. The highest BCUT2D eigenvalue weighted by Gasteiger charge is 2.46. The predicted octanol–water partition coefficient (Wildman–Crippen LogP) is 5.19. The third kappa shape index (κ3) is 5.30. The molecule has 4 rings (SSSR count). The van der Waals surface area contributed by atoms with E-state index in [-0.39, 0.29) is 6.42 Å². The zero-order valence-electron chi connectivity index (χ0n) is 18.7. The summed E-state index contributed by atoms with van der Waals surface area (Å²) in [6.45, 7) is 2.32. The molecule has 0 saturated carbocycles. The summed E-state index contributed by atoms with van der Waals surface area (Å²) in [5.41, 5.74) is 3.25. The second-order valence-corrected chi connectivity index (χ2v) is 8.62. The summed E-state index contributed by atoms with van der Waals surface area (Å²) in [6.07, 6.45) is 7.12. The van der Waals surface area contributed by atoms with Gasteiger partial charge in [-0.05, 0) is 75.4 Å². The van der Waals surface area contributed by atoms with Gasteiger partial charge in [0.2, 0.25) is 5.91 Å².